The maximum absolute atomic E-state index is 14.6. The van der Waals surface area contributed by atoms with Crippen molar-refractivity contribution in [1.29, 1.82) is 0 Å². The van der Waals surface area contributed by atoms with Gasteiger partial charge in [0.15, 0.2) is 0 Å². The van der Waals surface area contributed by atoms with Crippen molar-refractivity contribution in [1.82, 2.24) is 9.13 Å². The molecule has 0 radical (unpaired) electrons. The largest absolute Gasteiger partial charge is 0.309 e. The standard InChI is InChI=1S/C48H29F3N2/c49-35-28-42(50)48(43(51)29-35)32-16-22-37(23-17-32)53-45-13-7-5-11-39(45)41-27-34(19-25-47(41)53)33-18-24-46-40(26-33)38-10-4-6-12-44(38)52(46)36-20-14-31(15-21-36)30-8-2-1-3-9-30/h1-29H. The first-order chi connectivity index (χ1) is 26.0. The van der Waals surface area contributed by atoms with Gasteiger partial charge in [-0.3, -0.25) is 0 Å². The number of para-hydroxylation sites is 2. The van der Waals surface area contributed by atoms with Crippen LogP contribution in [0, 0.1) is 17.5 Å². The summed E-state index contributed by atoms with van der Waals surface area (Å²) in [6.45, 7) is 0. The quantitative estimate of drug-likeness (QED) is 0.170. The van der Waals surface area contributed by atoms with Gasteiger partial charge in [0.05, 0.1) is 27.6 Å². The fourth-order valence-electron chi connectivity index (χ4n) is 7.89. The average molecular weight is 691 g/mol. The van der Waals surface area contributed by atoms with E-state index < -0.39 is 17.5 Å². The highest BCUT2D eigenvalue weighted by Crippen LogP contribution is 2.39. The van der Waals surface area contributed by atoms with Gasteiger partial charge in [-0.15, -0.1) is 0 Å². The molecule has 0 aliphatic rings. The Morgan fingerprint density at radius 2 is 0.698 bits per heavy atom. The van der Waals surface area contributed by atoms with Crippen molar-refractivity contribution in [2.75, 3.05) is 0 Å². The number of aromatic nitrogens is 2. The third-order valence-corrected chi connectivity index (χ3v) is 10.3. The molecular weight excluding hydrogens is 662 g/mol. The lowest BCUT2D eigenvalue weighted by atomic mass is 10.0. The highest BCUT2D eigenvalue weighted by molar-refractivity contribution is 6.12. The van der Waals surface area contributed by atoms with Crippen molar-refractivity contribution in [3.8, 4) is 44.8 Å². The van der Waals surface area contributed by atoms with Crippen LogP contribution >= 0.6 is 0 Å². The second kappa shape index (κ2) is 12.1. The Morgan fingerprint density at radius 3 is 1.21 bits per heavy atom. The maximum Gasteiger partial charge on any atom is 0.136 e. The van der Waals surface area contributed by atoms with Crippen LogP contribution in [-0.2, 0) is 0 Å². The molecule has 0 fully saturated rings. The highest BCUT2D eigenvalue weighted by Gasteiger charge is 2.18. The minimum Gasteiger partial charge on any atom is -0.309 e. The Morgan fingerprint density at radius 1 is 0.302 bits per heavy atom. The van der Waals surface area contributed by atoms with Gasteiger partial charge in [-0.25, -0.2) is 13.2 Å². The molecule has 0 amide bonds. The molecule has 2 nitrogen and oxygen atoms in total. The van der Waals surface area contributed by atoms with Crippen molar-refractivity contribution in [3.05, 3.63) is 193 Å². The summed E-state index contributed by atoms with van der Waals surface area (Å²) in [5.41, 5.74) is 11.0. The molecule has 0 saturated carbocycles. The minimum atomic E-state index is -0.943. The second-order valence-corrected chi connectivity index (χ2v) is 13.4. The molecule has 10 aromatic rings. The Kier molecular flexibility index (Phi) is 7.08. The number of nitrogens with zero attached hydrogens (tertiary/aromatic N) is 2. The summed E-state index contributed by atoms with van der Waals surface area (Å²) in [4.78, 5) is 0. The summed E-state index contributed by atoms with van der Waals surface area (Å²) >= 11 is 0. The van der Waals surface area contributed by atoms with Crippen LogP contribution < -0.4 is 0 Å². The van der Waals surface area contributed by atoms with E-state index in [4.69, 9.17) is 0 Å². The van der Waals surface area contributed by atoms with Crippen LogP contribution in [0.25, 0.3) is 88.4 Å². The van der Waals surface area contributed by atoms with Gasteiger partial charge in [-0.2, -0.15) is 0 Å². The molecule has 0 N–H and O–H groups in total. The van der Waals surface area contributed by atoms with Gasteiger partial charge in [0.25, 0.3) is 0 Å². The summed E-state index contributed by atoms with van der Waals surface area (Å²) in [6, 6.07) is 57.7. The van der Waals surface area contributed by atoms with Gasteiger partial charge in [0.1, 0.15) is 17.5 Å². The van der Waals surface area contributed by atoms with E-state index in [9.17, 15) is 13.2 Å². The van der Waals surface area contributed by atoms with Crippen LogP contribution in [0.3, 0.4) is 0 Å². The molecule has 2 aromatic heterocycles. The SMILES string of the molecule is Fc1cc(F)c(-c2ccc(-n3c4ccccc4c4cc(-c5ccc6c(c5)c5ccccc5n6-c5ccc(-c6ccccc6)cc5)ccc43)cc2)c(F)c1. The van der Waals surface area contributed by atoms with Gasteiger partial charge in [0, 0.05) is 45.1 Å². The van der Waals surface area contributed by atoms with E-state index in [0.717, 1.165) is 55.3 Å². The number of rotatable bonds is 5. The predicted molar refractivity (Wildman–Crippen MR) is 211 cm³/mol. The Hall–Kier alpha value is -6.85. The highest BCUT2D eigenvalue weighted by atomic mass is 19.1. The van der Waals surface area contributed by atoms with E-state index in [1.165, 1.54) is 21.9 Å². The topological polar surface area (TPSA) is 9.86 Å². The lowest BCUT2D eigenvalue weighted by molar-refractivity contribution is 0.548. The van der Waals surface area contributed by atoms with Crippen LogP contribution in [0.2, 0.25) is 0 Å². The molecule has 0 aliphatic heterocycles. The van der Waals surface area contributed by atoms with Crippen LogP contribution in [0.5, 0.6) is 0 Å². The normalized spacial score (nSPS) is 11.7. The molecule has 252 valence electrons. The first-order valence-electron chi connectivity index (χ1n) is 17.5. The zero-order valence-electron chi connectivity index (χ0n) is 28.3. The monoisotopic (exact) mass is 690 g/mol. The van der Waals surface area contributed by atoms with Crippen LogP contribution in [-0.4, -0.2) is 9.13 Å². The third-order valence-electron chi connectivity index (χ3n) is 10.3. The van der Waals surface area contributed by atoms with Gasteiger partial charge < -0.3 is 9.13 Å². The van der Waals surface area contributed by atoms with Crippen LogP contribution in [0.1, 0.15) is 0 Å². The van der Waals surface area contributed by atoms with Gasteiger partial charge in [-0.1, -0.05) is 103 Å². The van der Waals surface area contributed by atoms with E-state index in [1.54, 1.807) is 12.1 Å². The van der Waals surface area contributed by atoms with Crippen molar-refractivity contribution in [2.45, 2.75) is 0 Å². The van der Waals surface area contributed by atoms with Crippen molar-refractivity contribution >= 4 is 43.6 Å². The number of halogens is 3. The van der Waals surface area contributed by atoms with Crippen LogP contribution in [0.4, 0.5) is 13.2 Å². The average Bonchev–Trinajstić information content (AvgIpc) is 3.70. The van der Waals surface area contributed by atoms with Crippen molar-refractivity contribution < 1.29 is 13.2 Å². The Bertz CT molecular complexity index is 2990. The van der Waals surface area contributed by atoms with Gasteiger partial charge in [0.2, 0.25) is 0 Å². The van der Waals surface area contributed by atoms with Crippen LogP contribution in [0.15, 0.2) is 176 Å². The molecule has 0 spiro atoms. The fraction of sp³-hybridized carbons (Fsp3) is 0. The Balaban J connectivity index is 1.07. The summed E-state index contributed by atoms with van der Waals surface area (Å²) in [5, 5.41) is 4.57. The van der Waals surface area contributed by atoms with Crippen molar-refractivity contribution in [2.24, 2.45) is 0 Å². The smallest absolute Gasteiger partial charge is 0.136 e. The molecule has 0 unspecified atom stereocenters. The van der Waals surface area contributed by atoms with E-state index in [1.807, 2.05) is 30.3 Å². The van der Waals surface area contributed by atoms with E-state index >= 15 is 0 Å². The third kappa shape index (κ3) is 5.04. The molecule has 2 heterocycles. The lowest BCUT2D eigenvalue weighted by Gasteiger charge is -2.11. The zero-order chi connectivity index (χ0) is 35.6. The first-order valence-corrected chi connectivity index (χ1v) is 17.5. The number of benzene rings is 8. The minimum absolute atomic E-state index is 0.245. The Labute approximate surface area is 303 Å². The molecule has 0 atom stereocenters. The van der Waals surface area contributed by atoms with Gasteiger partial charge >= 0.3 is 0 Å². The summed E-state index contributed by atoms with van der Waals surface area (Å²) < 4.78 is 47.3. The number of fused-ring (bicyclic) bond motifs is 6. The fourth-order valence-corrected chi connectivity index (χ4v) is 7.89. The number of hydrogen-bond donors (Lipinski definition) is 0. The molecule has 0 bridgehead atoms. The van der Waals surface area contributed by atoms with E-state index in [2.05, 4.69) is 130 Å². The van der Waals surface area contributed by atoms with Crippen molar-refractivity contribution in [3.63, 3.8) is 0 Å². The molecule has 5 heteroatoms. The predicted octanol–water partition coefficient (Wildman–Crippen LogP) is 13.3. The van der Waals surface area contributed by atoms with E-state index in [0.29, 0.717) is 17.7 Å². The number of hydrogen-bond acceptors (Lipinski definition) is 0. The first kappa shape index (κ1) is 30.9. The second-order valence-electron chi connectivity index (χ2n) is 13.4. The van der Waals surface area contributed by atoms with E-state index in [-0.39, 0.29) is 5.56 Å². The molecule has 0 aliphatic carbocycles. The zero-order valence-corrected chi connectivity index (χ0v) is 28.3. The molecular formula is C48H29F3N2. The molecule has 8 aromatic carbocycles. The summed E-state index contributed by atoms with van der Waals surface area (Å²) in [5.74, 6) is -2.80. The molecule has 53 heavy (non-hydrogen) atoms. The lowest BCUT2D eigenvalue weighted by Crippen LogP contribution is -1.96. The maximum atomic E-state index is 14.6. The molecule has 10 rings (SSSR count). The summed E-state index contributed by atoms with van der Waals surface area (Å²) in [6.07, 6.45) is 0. The van der Waals surface area contributed by atoms with Gasteiger partial charge in [-0.05, 0) is 88.5 Å². The molecule has 0 saturated heterocycles. The summed E-state index contributed by atoms with van der Waals surface area (Å²) in [7, 11) is 0.